The average molecular weight is 604 g/mol. The topological polar surface area (TPSA) is 25.8 Å². The molecule has 0 bridgehead atoms. The summed E-state index contributed by atoms with van der Waals surface area (Å²) in [4.78, 5) is 9.28. The fourth-order valence-electron chi connectivity index (χ4n) is 6.73. The Morgan fingerprint density at radius 3 is 1.49 bits per heavy atom. The van der Waals surface area contributed by atoms with Crippen LogP contribution in [-0.4, -0.2) is 9.97 Å². The van der Waals surface area contributed by atoms with Gasteiger partial charge in [-0.05, 0) is 0 Å². The fraction of sp³-hybridized carbons (Fsp3) is 0.188. The summed E-state index contributed by atoms with van der Waals surface area (Å²) in [7, 11) is 16.2. The van der Waals surface area contributed by atoms with Crippen molar-refractivity contribution in [3.8, 4) is 22.5 Å². The average Bonchev–Trinajstić information content (AvgIpc) is 3.46. The van der Waals surface area contributed by atoms with Gasteiger partial charge in [0.25, 0.3) is 0 Å². The van der Waals surface area contributed by atoms with E-state index in [4.69, 9.17) is 17.0 Å². The molecule has 0 radical (unpaired) electrons. The van der Waals surface area contributed by atoms with Crippen LogP contribution in [0.3, 0.4) is 0 Å². The van der Waals surface area contributed by atoms with E-state index in [1.54, 1.807) is 0 Å². The van der Waals surface area contributed by atoms with E-state index in [1.165, 1.54) is 33.4 Å². The number of halogens is 2. The molecule has 4 aromatic rings. The molecule has 0 N–H and O–H groups in total. The molecule has 2 nitrogen and oxygen atoms in total. The number of hydrogen-bond donors (Lipinski definition) is 0. The van der Waals surface area contributed by atoms with Gasteiger partial charge in [-0.25, -0.2) is 0 Å². The fourth-order valence-corrected chi connectivity index (χ4v) is 25.7. The van der Waals surface area contributed by atoms with Crippen LogP contribution in [0.1, 0.15) is 50.3 Å². The van der Waals surface area contributed by atoms with E-state index in [9.17, 15) is 0 Å². The van der Waals surface area contributed by atoms with Gasteiger partial charge in [0.2, 0.25) is 0 Å². The van der Waals surface area contributed by atoms with Crippen LogP contribution in [0, 0.1) is 0 Å². The first-order chi connectivity index (χ1) is 17.8. The Labute approximate surface area is 227 Å². The summed E-state index contributed by atoms with van der Waals surface area (Å²) >= 11 is -4.67. The summed E-state index contributed by atoms with van der Waals surface area (Å²) in [6.07, 6.45) is 8.30. The van der Waals surface area contributed by atoms with Crippen molar-refractivity contribution in [1.82, 2.24) is 9.97 Å². The molecule has 5 heteroatoms. The second kappa shape index (κ2) is 9.16. The van der Waals surface area contributed by atoms with Gasteiger partial charge in [0.15, 0.2) is 0 Å². The number of benzene rings is 2. The Hall–Kier alpha value is -2.32. The van der Waals surface area contributed by atoms with Gasteiger partial charge in [0.1, 0.15) is 0 Å². The zero-order valence-corrected chi connectivity index (χ0v) is 25.2. The number of rotatable bonds is 5. The predicted octanol–water partition coefficient (Wildman–Crippen LogP) is 9.86. The van der Waals surface area contributed by atoms with Crippen molar-refractivity contribution in [2.45, 2.75) is 32.2 Å². The van der Waals surface area contributed by atoms with E-state index < -0.39 is 16.4 Å². The number of hydrogen-bond acceptors (Lipinski definition) is 2. The van der Waals surface area contributed by atoms with Crippen LogP contribution in [0.25, 0.3) is 34.7 Å². The van der Waals surface area contributed by atoms with E-state index in [0.717, 1.165) is 26.6 Å². The molecule has 0 spiro atoms. The number of allylic oxidation sites excluding steroid dienone is 2. The van der Waals surface area contributed by atoms with Crippen LogP contribution < -0.4 is 0 Å². The maximum absolute atomic E-state index is 8.10. The van der Waals surface area contributed by atoms with Crippen molar-refractivity contribution >= 4 is 29.2 Å². The predicted molar refractivity (Wildman–Crippen MR) is 154 cm³/mol. The number of pyridine rings is 2. The Balaban J connectivity index is 1.53. The van der Waals surface area contributed by atoms with Gasteiger partial charge < -0.3 is 0 Å². The molecule has 185 valence electrons. The van der Waals surface area contributed by atoms with Gasteiger partial charge in [-0.2, -0.15) is 0 Å². The molecule has 6 rings (SSSR count). The molecule has 2 heterocycles. The van der Waals surface area contributed by atoms with Crippen molar-refractivity contribution < 1.29 is 16.4 Å². The molecule has 2 aliphatic rings. The Bertz CT molecular complexity index is 1460. The molecule has 2 aliphatic carbocycles. The third kappa shape index (κ3) is 3.85. The molecule has 2 aromatic carbocycles. The van der Waals surface area contributed by atoms with Gasteiger partial charge in [-0.3, -0.25) is 0 Å². The molecule has 0 saturated carbocycles. The van der Waals surface area contributed by atoms with Crippen molar-refractivity contribution in [2.75, 3.05) is 0 Å². The molecule has 0 amide bonds. The third-order valence-electron chi connectivity index (χ3n) is 8.29. The van der Waals surface area contributed by atoms with Crippen LogP contribution in [0.4, 0.5) is 0 Å². The molecule has 2 unspecified atom stereocenters. The SMILES string of the molecule is C[CH2][Zr]([Cl])([Cl])([CH]1C(C)=Cc2c(-c3ccccn3)cccc21)[CH]1C(C)=Cc2c(-c3ccccn3)cccc21. The van der Waals surface area contributed by atoms with Gasteiger partial charge in [-0.1, -0.05) is 0 Å². The van der Waals surface area contributed by atoms with Crippen molar-refractivity contribution in [2.24, 2.45) is 0 Å². The molecule has 0 aliphatic heterocycles. The quantitative estimate of drug-likeness (QED) is 0.227. The first-order valence-electron chi connectivity index (χ1n) is 12.9. The van der Waals surface area contributed by atoms with Crippen LogP contribution in [-0.2, 0) is 16.4 Å². The van der Waals surface area contributed by atoms with Crippen molar-refractivity contribution in [3.63, 3.8) is 0 Å². The van der Waals surface area contributed by atoms with Crippen LogP contribution >= 0.6 is 17.0 Å². The van der Waals surface area contributed by atoms with Crippen LogP contribution in [0.15, 0.2) is 96.3 Å². The minimum absolute atomic E-state index is 0.0336. The zero-order valence-electron chi connectivity index (χ0n) is 21.2. The summed E-state index contributed by atoms with van der Waals surface area (Å²) in [6, 6.07) is 25.1. The molecular formula is C32H29Cl2N2Zr. The van der Waals surface area contributed by atoms with Crippen LogP contribution in [0.2, 0.25) is 4.13 Å². The molecular weight excluding hydrogens is 574 g/mol. The van der Waals surface area contributed by atoms with Crippen LogP contribution in [0.5, 0.6) is 0 Å². The number of aromatic nitrogens is 2. The maximum atomic E-state index is 8.10. The summed E-state index contributed by atoms with van der Waals surface area (Å²) in [5, 5.41) is 0. The van der Waals surface area contributed by atoms with Gasteiger partial charge in [0, 0.05) is 0 Å². The van der Waals surface area contributed by atoms with Crippen molar-refractivity contribution in [1.29, 1.82) is 0 Å². The first kappa shape index (κ1) is 25.0. The minimum atomic E-state index is -4.67. The first-order valence-corrected chi connectivity index (χ1v) is 23.8. The zero-order chi connectivity index (χ0) is 25.8. The van der Waals surface area contributed by atoms with Gasteiger partial charge in [-0.15, -0.1) is 0 Å². The molecule has 0 fully saturated rings. The Kier molecular flexibility index (Phi) is 6.18. The van der Waals surface area contributed by atoms with E-state index in [-0.39, 0.29) is 7.25 Å². The van der Waals surface area contributed by atoms with E-state index in [2.05, 4.69) is 91.4 Å². The third-order valence-corrected chi connectivity index (χ3v) is 29.5. The van der Waals surface area contributed by atoms with E-state index in [0.29, 0.717) is 0 Å². The van der Waals surface area contributed by atoms with E-state index in [1.807, 2.05) is 36.7 Å². The second-order valence-electron chi connectivity index (χ2n) is 10.4. The summed E-state index contributed by atoms with van der Waals surface area (Å²) in [5.41, 5.74) is 11.7. The monoisotopic (exact) mass is 601 g/mol. The number of nitrogens with zero attached hydrogens (tertiary/aromatic N) is 2. The van der Waals surface area contributed by atoms with Crippen molar-refractivity contribution in [3.05, 3.63) is 119 Å². The summed E-state index contributed by atoms with van der Waals surface area (Å²) in [6.45, 7) is 6.62. The van der Waals surface area contributed by atoms with E-state index >= 15 is 0 Å². The standard InChI is InChI=1S/2C15H12N.C2H5.2ClH.Zr/c2*1-11-9-12-5-4-6-13(14(12)10-11)15-7-2-3-8-16-15;1-2;;;/h2*2-10H,1H3;1H2,2H3;2*1H;/q;;;;;+2/p-2. The normalized spacial score (nSPS) is 19.4. The summed E-state index contributed by atoms with van der Waals surface area (Å²) in [5.74, 6) is 0. The molecule has 0 saturated heterocycles. The van der Waals surface area contributed by atoms with Gasteiger partial charge >= 0.3 is 229 Å². The Morgan fingerprint density at radius 1 is 0.649 bits per heavy atom. The number of fused-ring (bicyclic) bond motifs is 2. The second-order valence-corrected chi connectivity index (χ2v) is 33.3. The summed E-state index contributed by atoms with van der Waals surface area (Å²) < 4.78 is 0.855. The molecule has 2 atom stereocenters. The Morgan fingerprint density at radius 2 is 1.11 bits per heavy atom. The molecule has 2 aromatic heterocycles. The van der Waals surface area contributed by atoms with Gasteiger partial charge in [0.05, 0.1) is 0 Å². The molecule has 37 heavy (non-hydrogen) atoms.